The topological polar surface area (TPSA) is 29.1 Å². The zero-order chi connectivity index (χ0) is 13.7. The number of carbonyl (C=O) groups is 1. The Hall–Kier alpha value is -1.02. The number of carbonyl (C=O) groups excluding carboxylic acids is 1. The lowest BCUT2D eigenvalue weighted by Gasteiger charge is -2.22. The smallest absolute Gasteiger partial charge is 0.220 e. The SMILES string of the molecule is Cc1ccc(CCC(=O)NC2CCCCC2)cc1Cl. The maximum atomic E-state index is 11.9. The molecule has 1 saturated carbocycles. The van der Waals surface area contributed by atoms with E-state index in [2.05, 4.69) is 11.4 Å². The number of amides is 1. The van der Waals surface area contributed by atoms with Gasteiger partial charge in [0, 0.05) is 17.5 Å². The van der Waals surface area contributed by atoms with Gasteiger partial charge in [-0.2, -0.15) is 0 Å². The minimum Gasteiger partial charge on any atom is -0.353 e. The molecule has 1 N–H and O–H groups in total. The summed E-state index contributed by atoms with van der Waals surface area (Å²) in [6.07, 6.45) is 7.41. The Labute approximate surface area is 120 Å². The lowest BCUT2D eigenvalue weighted by Crippen LogP contribution is -2.36. The van der Waals surface area contributed by atoms with Crippen LogP contribution in [0.1, 0.15) is 49.7 Å². The van der Waals surface area contributed by atoms with Gasteiger partial charge in [0.25, 0.3) is 0 Å². The predicted octanol–water partition coefficient (Wildman–Crippen LogP) is 4.03. The van der Waals surface area contributed by atoms with Gasteiger partial charge in [-0.15, -0.1) is 0 Å². The van der Waals surface area contributed by atoms with Crippen LogP contribution in [-0.2, 0) is 11.2 Å². The average Bonchev–Trinajstić information content (AvgIpc) is 2.41. The van der Waals surface area contributed by atoms with Crippen molar-refractivity contribution in [3.8, 4) is 0 Å². The molecule has 3 heteroatoms. The third kappa shape index (κ3) is 4.54. The highest BCUT2D eigenvalue weighted by Gasteiger charge is 2.15. The lowest BCUT2D eigenvalue weighted by molar-refractivity contribution is -0.121. The standard InChI is InChI=1S/C16H22ClNO/c1-12-7-8-13(11-15(12)17)9-10-16(19)18-14-5-3-2-4-6-14/h7-8,11,14H,2-6,9-10H2,1H3,(H,18,19). The van der Waals surface area contributed by atoms with E-state index < -0.39 is 0 Å². The summed E-state index contributed by atoms with van der Waals surface area (Å²) in [4.78, 5) is 11.9. The van der Waals surface area contributed by atoms with Gasteiger partial charge in [-0.05, 0) is 43.4 Å². The molecule has 104 valence electrons. The first-order valence-electron chi connectivity index (χ1n) is 7.19. The van der Waals surface area contributed by atoms with E-state index in [0.29, 0.717) is 12.5 Å². The van der Waals surface area contributed by atoms with E-state index >= 15 is 0 Å². The summed E-state index contributed by atoms with van der Waals surface area (Å²) in [6, 6.07) is 6.43. The third-order valence-corrected chi connectivity index (χ3v) is 4.25. The third-order valence-electron chi connectivity index (χ3n) is 3.85. The molecule has 2 nitrogen and oxygen atoms in total. The summed E-state index contributed by atoms with van der Waals surface area (Å²) in [5.74, 6) is 0.170. The Bertz CT molecular complexity index is 438. The molecule has 0 radical (unpaired) electrons. The molecule has 0 unspecified atom stereocenters. The van der Waals surface area contributed by atoms with Crippen LogP contribution >= 0.6 is 11.6 Å². The van der Waals surface area contributed by atoms with E-state index in [0.717, 1.165) is 35.4 Å². The number of hydrogen-bond donors (Lipinski definition) is 1. The number of rotatable bonds is 4. The van der Waals surface area contributed by atoms with Crippen molar-refractivity contribution in [2.24, 2.45) is 0 Å². The molecule has 2 rings (SSSR count). The van der Waals surface area contributed by atoms with Crippen LogP contribution in [0.25, 0.3) is 0 Å². The highest BCUT2D eigenvalue weighted by atomic mass is 35.5. The summed E-state index contributed by atoms with van der Waals surface area (Å²) in [7, 11) is 0. The number of nitrogens with one attached hydrogen (secondary N) is 1. The highest BCUT2D eigenvalue weighted by Crippen LogP contribution is 2.19. The van der Waals surface area contributed by atoms with E-state index in [4.69, 9.17) is 11.6 Å². The van der Waals surface area contributed by atoms with Crippen molar-refractivity contribution in [1.29, 1.82) is 0 Å². The molecule has 0 heterocycles. The van der Waals surface area contributed by atoms with Crippen molar-refractivity contribution in [3.63, 3.8) is 0 Å². The normalized spacial score (nSPS) is 16.3. The van der Waals surface area contributed by atoms with Crippen LogP contribution in [0, 0.1) is 6.92 Å². The summed E-state index contributed by atoms with van der Waals surface area (Å²) in [5, 5.41) is 3.93. The minimum atomic E-state index is 0.170. The number of benzene rings is 1. The van der Waals surface area contributed by atoms with Crippen molar-refractivity contribution < 1.29 is 4.79 Å². The quantitative estimate of drug-likeness (QED) is 0.886. The van der Waals surface area contributed by atoms with Gasteiger partial charge in [0.15, 0.2) is 0 Å². The van der Waals surface area contributed by atoms with Gasteiger partial charge in [-0.25, -0.2) is 0 Å². The van der Waals surface area contributed by atoms with Crippen molar-refractivity contribution >= 4 is 17.5 Å². The Morgan fingerprint density at radius 3 is 2.74 bits per heavy atom. The second-order valence-corrected chi connectivity index (χ2v) is 5.89. The second kappa shape index (κ2) is 6.95. The van der Waals surface area contributed by atoms with Crippen molar-refractivity contribution in [2.45, 2.75) is 57.9 Å². The molecule has 0 aromatic heterocycles. The van der Waals surface area contributed by atoms with Gasteiger partial charge in [0.05, 0.1) is 0 Å². The molecule has 0 spiro atoms. The van der Waals surface area contributed by atoms with E-state index in [1.807, 2.05) is 19.1 Å². The first kappa shape index (κ1) is 14.4. The van der Waals surface area contributed by atoms with Crippen LogP contribution < -0.4 is 5.32 Å². The van der Waals surface area contributed by atoms with Gasteiger partial charge in [-0.1, -0.05) is 43.0 Å². The molecule has 1 aliphatic rings. The van der Waals surface area contributed by atoms with E-state index in [1.165, 1.54) is 19.3 Å². The van der Waals surface area contributed by atoms with Crippen LogP contribution in [0.15, 0.2) is 18.2 Å². The molecular weight excluding hydrogens is 258 g/mol. The summed E-state index contributed by atoms with van der Waals surface area (Å²) in [6.45, 7) is 1.99. The summed E-state index contributed by atoms with van der Waals surface area (Å²) >= 11 is 6.08. The van der Waals surface area contributed by atoms with E-state index in [-0.39, 0.29) is 5.91 Å². The molecule has 1 fully saturated rings. The Morgan fingerprint density at radius 1 is 1.32 bits per heavy atom. The molecule has 1 aliphatic carbocycles. The van der Waals surface area contributed by atoms with Crippen LogP contribution in [0.3, 0.4) is 0 Å². The van der Waals surface area contributed by atoms with Crippen LogP contribution in [0.5, 0.6) is 0 Å². The molecule has 1 aromatic carbocycles. The first-order chi connectivity index (χ1) is 9.15. The van der Waals surface area contributed by atoms with Gasteiger partial charge in [-0.3, -0.25) is 4.79 Å². The van der Waals surface area contributed by atoms with Crippen LogP contribution in [0.2, 0.25) is 5.02 Å². The predicted molar refractivity (Wildman–Crippen MR) is 79.5 cm³/mol. The zero-order valence-corrected chi connectivity index (χ0v) is 12.3. The van der Waals surface area contributed by atoms with Crippen LogP contribution in [0.4, 0.5) is 0 Å². The number of hydrogen-bond acceptors (Lipinski definition) is 1. The van der Waals surface area contributed by atoms with E-state index in [9.17, 15) is 4.79 Å². The molecule has 1 amide bonds. The van der Waals surface area contributed by atoms with Gasteiger partial charge >= 0.3 is 0 Å². The maximum Gasteiger partial charge on any atom is 0.220 e. The lowest BCUT2D eigenvalue weighted by atomic mass is 9.95. The van der Waals surface area contributed by atoms with E-state index in [1.54, 1.807) is 0 Å². The number of aryl methyl sites for hydroxylation is 2. The van der Waals surface area contributed by atoms with Gasteiger partial charge < -0.3 is 5.32 Å². The minimum absolute atomic E-state index is 0.170. The van der Waals surface area contributed by atoms with Crippen molar-refractivity contribution in [3.05, 3.63) is 34.3 Å². The second-order valence-electron chi connectivity index (χ2n) is 5.49. The molecular formula is C16H22ClNO. The summed E-state index contributed by atoms with van der Waals surface area (Å²) < 4.78 is 0. The van der Waals surface area contributed by atoms with Gasteiger partial charge in [0.2, 0.25) is 5.91 Å². The molecule has 0 atom stereocenters. The fourth-order valence-corrected chi connectivity index (χ4v) is 2.80. The van der Waals surface area contributed by atoms with Crippen molar-refractivity contribution in [1.82, 2.24) is 5.32 Å². The molecule has 0 aliphatic heterocycles. The molecule has 0 saturated heterocycles. The fourth-order valence-electron chi connectivity index (χ4n) is 2.60. The maximum absolute atomic E-state index is 11.9. The highest BCUT2D eigenvalue weighted by molar-refractivity contribution is 6.31. The Kier molecular flexibility index (Phi) is 5.26. The first-order valence-corrected chi connectivity index (χ1v) is 7.57. The Morgan fingerprint density at radius 2 is 2.05 bits per heavy atom. The Balaban J connectivity index is 1.77. The average molecular weight is 280 g/mol. The summed E-state index contributed by atoms with van der Waals surface area (Å²) in [5.41, 5.74) is 2.21. The number of halogens is 1. The van der Waals surface area contributed by atoms with Gasteiger partial charge in [0.1, 0.15) is 0 Å². The van der Waals surface area contributed by atoms with Crippen molar-refractivity contribution in [2.75, 3.05) is 0 Å². The monoisotopic (exact) mass is 279 g/mol. The zero-order valence-electron chi connectivity index (χ0n) is 11.5. The molecule has 0 bridgehead atoms. The fraction of sp³-hybridized carbons (Fsp3) is 0.562. The molecule has 1 aromatic rings. The largest absolute Gasteiger partial charge is 0.353 e. The van der Waals surface area contributed by atoms with Crippen LogP contribution in [-0.4, -0.2) is 11.9 Å². The molecule has 19 heavy (non-hydrogen) atoms.